The van der Waals surface area contributed by atoms with Gasteiger partial charge in [-0.15, -0.1) is 24.8 Å². The molecule has 2 N–H and O–H groups in total. The van der Waals surface area contributed by atoms with Gasteiger partial charge < -0.3 is 5.73 Å². The molecule has 4 heteroatoms. The Balaban J connectivity index is 0.000000980. The van der Waals surface area contributed by atoms with E-state index in [2.05, 4.69) is 11.1 Å². The number of nitrogens with zero attached hydrogens (tertiary/aromatic N) is 1. The highest BCUT2D eigenvalue weighted by Gasteiger charge is 2.03. The summed E-state index contributed by atoms with van der Waals surface area (Å²) < 4.78 is 0. The van der Waals surface area contributed by atoms with Crippen molar-refractivity contribution in [3.8, 4) is 0 Å². The second-order valence-electron chi connectivity index (χ2n) is 3.24. The van der Waals surface area contributed by atoms with Crippen molar-refractivity contribution in [1.29, 1.82) is 0 Å². The fourth-order valence-electron chi connectivity index (χ4n) is 1.50. The van der Waals surface area contributed by atoms with E-state index < -0.39 is 0 Å². The summed E-state index contributed by atoms with van der Waals surface area (Å²) in [6, 6.07) is 8.20. The predicted molar refractivity (Wildman–Crippen MR) is 68.8 cm³/mol. The zero-order valence-electron chi connectivity index (χ0n) is 8.38. The van der Waals surface area contributed by atoms with E-state index in [-0.39, 0.29) is 30.9 Å². The van der Waals surface area contributed by atoms with Crippen LogP contribution in [-0.4, -0.2) is 4.98 Å². The molecule has 2 rings (SSSR count). The number of pyridine rings is 1. The lowest BCUT2D eigenvalue weighted by Crippen LogP contribution is -2.05. The molecule has 1 aromatic carbocycles. The summed E-state index contributed by atoms with van der Waals surface area (Å²) in [5, 5.41) is 2.35. The standard InChI is InChI=1S/C11H12N2.2ClH/c1-8(12)11-7-13-6-9-4-2-3-5-10(9)11;;/h2-8H,12H2,1H3;2*1H. The predicted octanol–water partition coefficient (Wildman–Crippen LogP) is 3.10. The molecule has 2 nitrogen and oxygen atoms in total. The van der Waals surface area contributed by atoms with Gasteiger partial charge in [-0.1, -0.05) is 24.3 Å². The second kappa shape index (κ2) is 5.91. The highest BCUT2D eigenvalue weighted by Crippen LogP contribution is 2.20. The van der Waals surface area contributed by atoms with Gasteiger partial charge in [0.2, 0.25) is 0 Å². The van der Waals surface area contributed by atoms with Gasteiger partial charge in [-0.25, -0.2) is 0 Å². The number of hydrogen-bond acceptors (Lipinski definition) is 2. The van der Waals surface area contributed by atoms with E-state index in [4.69, 9.17) is 5.73 Å². The molecule has 0 aliphatic heterocycles. The Morgan fingerprint density at radius 2 is 1.80 bits per heavy atom. The van der Waals surface area contributed by atoms with Crippen LogP contribution in [0.25, 0.3) is 10.8 Å². The van der Waals surface area contributed by atoms with Crippen LogP contribution < -0.4 is 5.73 Å². The van der Waals surface area contributed by atoms with Crippen molar-refractivity contribution >= 4 is 35.6 Å². The fourth-order valence-corrected chi connectivity index (χ4v) is 1.50. The van der Waals surface area contributed by atoms with Crippen LogP contribution in [0.1, 0.15) is 18.5 Å². The normalized spacial score (nSPS) is 11.3. The molecule has 0 aliphatic carbocycles. The molecule has 1 heterocycles. The molecule has 0 bridgehead atoms. The molecule has 1 aromatic heterocycles. The Bertz CT molecular complexity index is 424. The summed E-state index contributed by atoms with van der Waals surface area (Å²) >= 11 is 0. The molecule has 2 aromatic rings. The topological polar surface area (TPSA) is 38.9 Å². The van der Waals surface area contributed by atoms with E-state index in [1.165, 1.54) is 5.39 Å². The minimum atomic E-state index is 0. The summed E-state index contributed by atoms with van der Waals surface area (Å²) in [5.41, 5.74) is 6.95. The van der Waals surface area contributed by atoms with Crippen LogP contribution in [0.15, 0.2) is 36.7 Å². The van der Waals surface area contributed by atoms with Gasteiger partial charge >= 0.3 is 0 Å². The van der Waals surface area contributed by atoms with Crippen LogP contribution in [0.2, 0.25) is 0 Å². The number of halogens is 2. The first-order chi connectivity index (χ1) is 6.29. The second-order valence-corrected chi connectivity index (χ2v) is 3.24. The van der Waals surface area contributed by atoms with E-state index in [1.54, 1.807) is 0 Å². The Hall–Kier alpha value is -0.830. The SMILES string of the molecule is CC(N)c1cncc2ccccc12.Cl.Cl. The van der Waals surface area contributed by atoms with Gasteiger partial charge in [-0.3, -0.25) is 4.98 Å². The molecule has 0 amide bonds. The van der Waals surface area contributed by atoms with Gasteiger partial charge in [0, 0.05) is 23.8 Å². The molecule has 1 unspecified atom stereocenters. The van der Waals surface area contributed by atoms with Crippen LogP contribution >= 0.6 is 24.8 Å². The van der Waals surface area contributed by atoms with Gasteiger partial charge in [0.25, 0.3) is 0 Å². The van der Waals surface area contributed by atoms with E-state index in [9.17, 15) is 0 Å². The van der Waals surface area contributed by atoms with Crippen LogP contribution in [0.5, 0.6) is 0 Å². The van der Waals surface area contributed by atoms with Gasteiger partial charge in [-0.05, 0) is 17.9 Å². The highest BCUT2D eigenvalue weighted by atomic mass is 35.5. The summed E-state index contributed by atoms with van der Waals surface area (Å²) in [6.07, 6.45) is 3.70. The van der Waals surface area contributed by atoms with E-state index in [0.29, 0.717) is 0 Å². The Morgan fingerprint density at radius 3 is 2.47 bits per heavy atom. The summed E-state index contributed by atoms with van der Waals surface area (Å²) in [7, 11) is 0. The average Bonchev–Trinajstić information content (AvgIpc) is 2.17. The van der Waals surface area contributed by atoms with E-state index in [1.807, 2.05) is 37.5 Å². The quantitative estimate of drug-likeness (QED) is 0.838. The lowest BCUT2D eigenvalue weighted by atomic mass is 10.0. The fraction of sp³-hybridized carbons (Fsp3) is 0.182. The largest absolute Gasteiger partial charge is 0.324 e. The molecular formula is C11H14Cl2N2. The maximum absolute atomic E-state index is 5.84. The van der Waals surface area contributed by atoms with Crippen molar-refractivity contribution in [3.63, 3.8) is 0 Å². The molecule has 82 valence electrons. The monoisotopic (exact) mass is 244 g/mol. The summed E-state index contributed by atoms with van der Waals surface area (Å²) in [6.45, 7) is 1.98. The number of fused-ring (bicyclic) bond motifs is 1. The molecule has 0 radical (unpaired) electrons. The van der Waals surface area contributed by atoms with Gasteiger partial charge in [0.1, 0.15) is 0 Å². The molecule has 1 atom stereocenters. The molecule has 0 aliphatic rings. The molecule has 0 saturated carbocycles. The van der Waals surface area contributed by atoms with Crippen molar-refractivity contribution in [2.75, 3.05) is 0 Å². The van der Waals surface area contributed by atoms with Crippen LogP contribution in [0, 0.1) is 0 Å². The van der Waals surface area contributed by atoms with Crippen molar-refractivity contribution in [1.82, 2.24) is 4.98 Å². The molecular weight excluding hydrogens is 231 g/mol. The van der Waals surface area contributed by atoms with Crippen LogP contribution in [0.4, 0.5) is 0 Å². The number of hydrogen-bond donors (Lipinski definition) is 1. The number of nitrogens with two attached hydrogens (primary N) is 1. The summed E-state index contributed by atoms with van der Waals surface area (Å²) in [5.74, 6) is 0. The van der Waals surface area contributed by atoms with Crippen molar-refractivity contribution in [2.45, 2.75) is 13.0 Å². The number of benzene rings is 1. The lowest BCUT2D eigenvalue weighted by Gasteiger charge is -2.08. The average molecular weight is 245 g/mol. The number of aromatic nitrogens is 1. The van der Waals surface area contributed by atoms with E-state index >= 15 is 0 Å². The van der Waals surface area contributed by atoms with Crippen LogP contribution in [-0.2, 0) is 0 Å². The maximum Gasteiger partial charge on any atom is 0.0346 e. The summed E-state index contributed by atoms with van der Waals surface area (Å²) in [4.78, 5) is 4.15. The minimum absolute atomic E-state index is 0. The Kier molecular flexibility index (Phi) is 5.58. The van der Waals surface area contributed by atoms with Crippen molar-refractivity contribution in [3.05, 3.63) is 42.2 Å². The third-order valence-corrected chi connectivity index (χ3v) is 2.19. The van der Waals surface area contributed by atoms with Crippen molar-refractivity contribution in [2.24, 2.45) is 5.73 Å². The molecule has 0 saturated heterocycles. The molecule has 0 spiro atoms. The minimum Gasteiger partial charge on any atom is -0.324 e. The van der Waals surface area contributed by atoms with E-state index in [0.717, 1.165) is 10.9 Å². The Labute approximate surface area is 102 Å². The number of rotatable bonds is 1. The van der Waals surface area contributed by atoms with Gasteiger partial charge in [0.15, 0.2) is 0 Å². The van der Waals surface area contributed by atoms with Gasteiger partial charge in [-0.2, -0.15) is 0 Å². The van der Waals surface area contributed by atoms with Crippen LogP contribution in [0.3, 0.4) is 0 Å². The smallest absolute Gasteiger partial charge is 0.0346 e. The first-order valence-corrected chi connectivity index (χ1v) is 4.37. The zero-order valence-corrected chi connectivity index (χ0v) is 10.0. The van der Waals surface area contributed by atoms with Crippen molar-refractivity contribution < 1.29 is 0 Å². The third kappa shape index (κ3) is 2.81. The first-order valence-electron chi connectivity index (χ1n) is 4.37. The maximum atomic E-state index is 5.84. The first kappa shape index (κ1) is 14.2. The zero-order chi connectivity index (χ0) is 9.26. The highest BCUT2D eigenvalue weighted by molar-refractivity contribution is 5.86. The molecule has 0 fully saturated rings. The lowest BCUT2D eigenvalue weighted by molar-refractivity contribution is 0.821. The third-order valence-electron chi connectivity index (χ3n) is 2.19. The Morgan fingerprint density at radius 1 is 1.13 bits per heavy atom. The molecule has 15 heavy (non-hydrogen) atoms. The van der Waals surface area contributed by atoms with Gasteiger partial charge in [0.05, 0.1) is 0 Å².